The highest BCUT2D eigenvalue weighted by molar-refractivity contribution is 6.05. The molecule has 9 heteroatoms. The Bertz CT molecular complexity index is 753. The predicted octanol–water partition coefficient (Wildman–Crippen LogP) is 1.18. The van der Waals surface area contributed by atoms with Crippen molar-refractivity contribution >= 4 is 29.7 Å². The van der Waals surface area contributed by atoms with E-state index in [0.717, 1.165) is 0 Å². The molecule has 0 spiro atoms. The van der Waals surface area contributed by atoms with Crippen LogP contribution in [0.5, 0.6) is 0 Å². The summed E-state index contributed by atoms with van der Waals surface area (Å²) in [6.45, 7) is 1.86. The summed E-state index contributed by atoms with van der Waals surface area (Å²) in [5, 5.41) is 16.6. The standard InChI is InChI=1S/C16H21N5O2.CH2O2/c1-11-14(9-21(4)19-11)16(23)18-13-7-5-12(6-8-13)17-15(22)10-20(2)3;2-1-3/h5-9H,10H2,1-4H3,(H,17,22)(H,18,23);1H,(H,2,3). The Labute approximate surface area is 151 Å². The number of nitrogens with zero attached hydrogens (tertiary/aromatic N) is 3. The van der Waals surface area contributed by atoms with Crippen LogP contribution < -0.4 is 10.6 Å². The number of aromatic nitrogens is 2. The van der Waals surface area contributed by atoms with Crippen molar-refractivity contribution in [1.82, 2.24) is 14.7 Å². The first kappa shape index (κ1) is 20.8. The summed E-state index contributed by atoms with van der Waals surface area (Å²) in [4.78, 5) is 34.0. The molecule has 0 aliphatic carbocycles. The number of rotatable bonds is 5. The van der Waals surface area contributed by atoms with Gasteiger partial charge in [0.2, 0.25) is 5.91 Å². The molecule has 3 N–H and O–H groups in total. The molecule has 0 radical (unpaired) electrons. The molecule has 0 aliphatic rings. The van der Waals surface area contributed by atoms with Gasteiger partial charge in [0.05, 0.1) is 17.8 Å². The highest BCUT2D eigenvalue weighted by atomic mass is 16.3. The van der Waals surface area contributed by atoms with Crippen LogP contribution in [0, 0.1) is 6.92 Å². The van der Waals surface area contributed by atoms with Gasteiger partial charge in [-0.05, 0) is 45.3 Å². The molecule has 0 saturated carbocycles. The first-order valence-corrected chi connectivity index (χ1v) is 7.71. The van der Waals surface area contributed by atoms with Crippen molar-refractivity contribution in [3.05, 3.63) is 41.7 Å². The van der Waals surface area contributed by atoms with Crippen LogP contribution in [-0.2, 0) is 16.6 Å². The minimum absolute atomic E-state index is 0.0854. The fraction of sp³-hybridized carbons (Fsp3) is 0.294. The molecule has 26 heavy (non-hydrogen) atoms. The highest BCUT2D eigenvalue weighted by Gasteiger charge is 2.12. The molecule has 0 saturated heterocycles. The van der Waals surface area contributed by atoms with Gasteiger partial charge < -0.3 is 20.6 Å². The van der Waals surface area contributed by atoms with E-state index < -0.39 is 0 Å². The van der Waals surface area contributed by atoms with Crippen molar-refractivity contribution in [1.29, 1.82) is 0 Å². The minimum Gasteiger partial charge on any atom is -0.483 e. The van der Waals surface area contributed by atoms with Crippen molar-refractivity contribution < 1.29 is 19.5 Å². The van der Waals surface area contributed by atoms with Gasteiger partial charge >= 0.3 is 0 Å². The third-order valence-corrected chi connectivity index (χ3v) is 3.14. The molecule has 9 nitrogen and oxygen atoms in total. The SMILES string of the molecule is Cc1nn(C)cc1C(=O)Nc1ccc(NC(=O)CN(C)C)cc1.O=CO. The maximum Gasteiger partial charge on any atom is 0.290 e. The van der Waals surface area contributed by atoms with Crippen LogP contribution in [0.2, 0.25) is 0 Å². The molecule has 0 aliphatic heterocycles. The van der Waals surface area contributed by atoms with Crippen LogP contribution in [-0.4, -0.2) is 58.7 Å². The number of carbonyl (C=O) groups excluding carboxylic acids is 2. The lowest BCUT2D eigenvalue weighted by Gasteiger charge is -2.10. The summed E-state index contributed by atoms with van der Waals surface area (Å²) < 4.78 is 1.60. The van der Waals surface area contributed by atoms with Crippen LogP contribution in [0.3, 0.4) is 0 Å². The summed E-state index contributed by atoms with van der Waals surface area (Å²) in [7, 11) is 5.44. The Morgan fingerprint density at radius 2 is 1.69 bits per heavy atom. The number of likely N-dealkylation sites (N-methyl/N-ethyl adjacent to an activating group) is 1. The third-order valence-electron chi connectivity index (χ3n) is 3.14. The lowest BCUT2D eigenvalue weighted by atomic mass is 10.2. The Balaban J connectivity index is 0.00000105. The quantitative estimate of drug-likeness (QED) is 0.689. The predicted molar refractivity (Wildman–Crippen MR) is 98.2 cm³/mol. The number of anilines is 2. The largest absolute Gasteiger partial charge is 0.483 e. The van der Waals surface area contributed by atoms with Crippen molar-refractivity contribution in [2.24, 2.45) is 7.05 Å². The van der Waals surface area contributed by atoms with E-state index in [9.17, 15) is 9.59 Å². The fourth-order valence-corrected chi connectivity index (χ4v) is 2.15. The monoisotopic (exact) mass is 361 g/mol. The minimum atomic E-state index is -0.250. The zero-order valence-corrected chi connectivity index (χ0v) is 15.2. The van der Waals surface area contributed by atoms with E-state index in [1.54, 1.807) is 54.0 Å². The molecule has 2 amide bonds. The van der Waals surface area contributed by atoms with E-state index in [2.05, 4.69) is 15.7 Å². The Hall–Kier alpha value is -3.20. The van der Waals surface area contributed by atoms with Crippen LogP contribution in [0.15, 0.2) is 30.5 Å². The molecule has 1 aromatic heterocycles. The highest BCUT2D eigenvalue weighted by Crippen LogP contribution is 2.15. The number of aryl methyl sites for hydroxylation is 2. The van der Waals surface area contributed by atoms with Gasteiger partial charge in [0.25, 0.3) is 12.4 Å². The third kappa shape index (κ3) is 6.73. The molecule has 0 bridgehead atoms. The second kappa shape index (κ2) is 9.94. The maximum atomic E-state index is 12.2. The second-order valence-corrected chi connectivity index (χ2v) is 5.72. The topological polar surface area (TPSA) is 117 Å². The van der Waals surface area contributed by atoms with Gasteiger partial charge in [-0.15, -0.1) is 0 Å². The Morgan fingerprint density at radius 3 is 2.12 bits per heavy atom. The van der Waals surface area contributed by atoms with Gasteiger partial charge in [-0.1, -0.05) is 0 Å². The molecule has 0 unspecified atom stereocenters. The number of nitrogens with one attached hydrogen (secondary N) is 2. The van der Waals surface area contributed by atoms with Crippen LogP contribution in [0.25, 0.3) is 0 Å². The molecule has 0 atom stereocenters. The number of benzene rings is 1. The maximum absolute atomic E-state index is 12.2. The molecule has 2 rings (SSSR count). The van der Waals surface area contributed by atoms with E-state index in [-0.39, 0.29) is 18.3 Å². The van der Waals surface area contributed by atoms with Gasteiger partial charge in [0, 0.05) is 24.6 Å². The van der Waals surface area contributed by atoms with Crippen molar-refractivity contribution in [2.45, 2.75) is 6.92 Å². The van der Waals surface area contributed by atoms with Gasteiger partial charge in [-0.2, -0.15) is 5.10 Å². The normalized spacial score (nSPS) is 9.88. The summed E-state index contributed by atoms with van der Waals surface area (Å²) in [5.74, 6) is -0.294. The second-order valence-electron chi connectivity index (χ2n) is 5.72. The van der Waals surface area contributed by atoms with Crippen LogP contribution >= 0.6 is 0 Å². The van der Waals surface area contributed by atoms with E-state index in [1.165, 1.54) is 0 Å². The fourth-order valence-electron chi connectivity index (χ4n) is 2.15. The summed E-state index contributed by atoms with van der Waals surface area (Å²) in [6, 6.07) is 6.99. The number of carbonyl (C=O) groups is 3. The number of hydrogen-bond acceptors (Lipinski definition) is 5. The average Bonchev–Trinajstić information content (AvgIpc) is 2.88. The zero-order chi connectivity index (χ0) is 19.7. The molecule has 0 fully saturated rings. The van der Waals surface area contributed by atoms with E-state index >= 15 is 0 Å². The molecule has 2 aromatic rings. The number of hydrogen-bond donors (Lipinski definition) is 3. The van der Waals surface area contributed by atoms with Crippen LogP contribution in [0.4, 0.5) is 11.4 Å². The lowest BCUT2D eigenvalue weighted by Crippen LogP contribution is -2.27. The first-order valence-electron chi connectivity index (χ1n) is 7.71. The van der Waals surface area contributed by atoms with Crippen LogP contribution in [0.1, 0.15) is 16.1 Å². The van der Waals surface area contributed by atoms with Crippen molar-refractivity contribution in [2.75, 3.05) is 31.3 Å². The smallest absolute Gasteiger partial charge is 0.290 e. The lowest BCUT2D eigenvalue weighted by molar-refractivity contribution is -0.123. The average molecular weight is 361 g/mol. The van der Waals surface area contributed by atoms with Gasteiger partial charge in [-0.3, -0.25) is 19.1 Å². The molecular weight excluding hydrogens is 338 g/mol. The Kier molecular flexibility index (Phi) is 7.97. The van der Waals surface area contributed by atoms with Gasteiger partial charge in [0.1, 0.15) is 0 Å². The number of carboxylic acid groups (broad SMARTS) is 1. The first-order chi connectivity index (χ1) is 12.3. The van der Waals surface area contributed by atoms with Gasteiger partial charge in [0.15, 0.2) is 0 Å². The van der Waals surface area contributed by atoms with E-state index in [0.29, 0.717) is 29.2 Å². The molecule has 1 heterocycles. The van der Waals surface area contributed by atoms with E-state index in [1.807, 2.05) is 14.1 Å². The van der Waals surface area contributed by atoms with Crippen molar-refractivity contribution in [3.8, 4) is 0 Å². The Morgan fingerprint density at radius 1 is 1.19 bits per heavy atom. The van der Waals surface area contributed by atoms with E-state index in [4.69, 9.17) is 9.90 Å². The summed E-state index contributed by atoms with van der Waals surface area (Å²) >= 11 is 0. The molecule has 1 aromatic carbocycles. The summed E-state index contributed by atoms with van der Waals surface area (Å²) in [6.07, 6.45) is 1.68. The molecule has 140 valence electrons. The van der Waals surface area contributed by atoms with Gasteiger partial charge in [-0.25, -0.2) is 0 Å². The number of amides is 2. The zero-order valence-electron chi connectivity index (χ0n) is 15.2. The summed E-state index contributed by atoms with van der Waals surface area (Å²) in [5.41, 5.74) is 2.56. The molecular formula is C17H23N5O4. The van der Waals surface area contributed by atoms with Crippen molar-refractivity contribution in [3.63, 3.8) is 0 Å².